The monoisotopic (exact) mass is 368 g/mol. The van der Waals surface area contributed by atoms with E-state index in [1.807, 2.05) is 6.07 Å². The minimum absolute atomic E-state index is 0.0592. The summed E-state index contributed by atoms with van der Waals surface area (Å²) in [6.07, 6.45) is 3.08. The lowest BCUT2D eigenvalue weighted by atomic mass is 10.2. The predicted molar refractivity (Wildman–Crippen MR) is 101 cm³/mol. The van der Waals surface area contributed by atoms with E-state index in [9.17, 15) is 9.59 Å². The summed E-state index contributed by atoms with van der Waals surface area (Å²) in [5.41, 5.74) is 1.45. The molecule has 1 N–H and O–H groups in total. The van der Waals surface area contributed by atoms with E-state index in [1.165, 1.54) is 11.0 Å². The van der Waals surface area contributed by atoms with Gasteiger partial charge in [-0.1, -0.05) is 6.07 Å². The fraction of sp³-hybridized carbons (Fsp3) is 0.200. The fourth-order valence-electron chi connectivity index (χ4n) is 2.48. The molecule has 1 aliphatic rings. The third-order valence-electron chi connectivity index (χ3n) is 3.95. The minimum atomic E-state index is -0.285. The summed E-state index contributed by atoms with van der Waals surface area (Å²) < 4.78 is 15.6. The molecule has 1 aliphatic heterocycles. The normalized spacial score (nSPS) is 12.1. The maximum absolute atomic E-state index is 12.2. The number of fused-ring (bicyclic) bond motifs is 1. The molecule has 7 heteroatoms. The molecular formula is C20H20N2O5. The Morgan fingerprint density at radius 2 is 1.89 bits per heavy atom. The van der Waals surface area contributed by atoms with E-state index in [4.69, 9.17) is 14.2 Å². The number of rotatable bonds is 6. The lowest BCUT2D eigenvalue weighted by molar-refractivity contribution is -0.129. The summed E-state index contributed by atoms with van der Waals surface area (Å²) in [5.74, 6) is 1.47. The van der Waals surface area contributed by atoms with E-state index in [1.54, 1.807) is 56.6 Å². The van der Waals surface area contributed by atoms with Crippen LogP contribution in [-0.2, 0) is 9.59 Å². The second kappa shape index (κ2) is 8.27. The second-order valence-electron chi connectivity index (χ2n) is 5.92. The van der Waals surface area contributed by atoms with Gasteiger partial charge in [0.25, 0.3) is 0 Å². The Hall–Kier alpha value is -3.48. The Kier molecular flexibility index (Phi) is 5.61. The standard InChI is InChI=1S/C20H20N2O5/c1-22(12-19(23)21-15-5-7-16(25-2)8-6-15)20(24)10-4-14-3-9-17-18(11-14)27-13-26-17/h3-11H,12-13H2,1-2H3,(H,21,23)/b10-4+. The number of hydrogen-bond donors (Lipinski definition) is 1. The van der Waals surface area contributed by atoms with Gasteiger partial charge < -0.3 is 24.4 Å². The van der Waals surface area contributed by atoms with Crippen molar-refractivity contribution in [1.82, 2.24) is 4.90 Å². The number of nitrogens with zero attached hydrogens (tertiary/aromatic N) is 1. The van der Waals surface area contributed by atoms with Crippen LogP contribution in [0.2, 0.25) is 0 Å². The molecule has 0 aliphatic carbocycles. The van der Waals surface area contributed by atoms with Gasteiger partial charge in [-0.05, 0) is 48.0 Å². The van der Waals surface area contributed by atoms with Gasteiger partial charge in [0.1, 0.15) is 5.75 Å². The Balaban J connectivity index is 1.52. The van der Waals surface area contributed by atoms with Crippen LogP contribution in [0.15, 0.2) is 48.5 Å². The lowest BCUT2D eigenvalue weighted by Crippen LogP contribution is -2.33. The Labute approximate surface area is 157 Å². The van der Waals surface area contributed by atoms with Crippen LogP contribution in [0.4, 0.5) is 5.69 Å². The number of carbonyl (C=O) groups is 2. The third-order valence-corrected chi connectivity index (χ3v) is 3.95. The summed E-state index contributed by atoms with van der Waals surface area (Å²) in [5, 5.41) is 2.74. The van der Waals surface area contributed by atoms with Crippen LogP contribution in [0.5, 0.6) is 17.2 Å². The minimum Gasteiger partial charge on any atom is -0.497 e. The van der Waals surface area contributed by atoms with Gasteiger partial charge in [-0.25, -0.2) is 0 Å². The molecule has 0 radical (unpaired) electrons. The van der Waals surface area contributed by atoms with E-state index in [0.29, 0.717) is 22.9 Å². The van der Waals surface area contributed by atoms with Crippen LogP contribution in [0.25, 0.3) is 6.08 Å². The average molecular weight is 368 g/mol. The summed E-state index contributed by atoms with van der Waals surface area (Å²) in [6, 6.07) is 12.4. The van der Waals surface area contributed by atoms with Crippen LogP contribution in [-0.4, -0.2) is 44.2 Å². The number of methoxy groups -OCH3 is 1. The fourth-order valence-corrected chi connectivity index (χ4v) is 2.48. The summed E-state index contributed by atoms with van der Waals surface area (Å²) in [6.45, 7) is 0.143. The summed E-state index contributed by atoms with van der Waals surface area (Å²) >= 11 is 0. The molecule has 0 atom stereocenters. The van der Waals surface area contributed by atoms with E-state index >= 15 is 0 Å². The first kappa shape index (κ1) is 18.3. The largest absolute Gasteiger partial charge is 0.497 e. The van der Waals surface area contributed by atoms with Crippen molar-refractivity contribution in [2.45, 2.75) is 0 Å². The highest BCUT2D eigenvalue weighted by molar-refractivity contribution is 5.97. The molecule has 1 heterocycles. The molecule has 2 amide bonds. The highest BCUT2D eigenvalue weighted by Crippen LogP contribution is 2.32. The number of nitrogens with one attached hydrogen (secondary N) is 1. The van der Waals surface area contributed by atoms with Crippen molar-refractivity contribution >= 4 is 23.6 Å². The Morgan fingerprint density at radius 1 is 1.15 bits per heavy atom. The zero-order chi connectivity index (χ0) is 19.2. The van der Waals surface area contributed by atoms with Crippen LogP contribution in [0, 0.1) is 0 Å². The number of benzene rings is 2. The Bertz CT molecular complexity index is 861. The Morgan fingerprint density at radius 3 is 2.63 bits per heavy atom. The van der Waals surface area contributed by atoms with E-state index in [0.717, 1.165) is 5.56 Å². The van der Waals surface area contributed by atoms with Crippen LogP contribution in [0.1, 0.15) is 5.56 Å². The van der Waals surface area contributed by atoms with Crippen LogP contribution >= 0.6 is 0 Å². The van der Waals surface area contributed by atoms with Gasteiger partial charge in [0, 0.05) is 18.8 Å². The lowest BCUT2D eigenvalue weighted by Gasteiger charge is -2.15. The van der Waals surface area contributed by atoms with Crippen molar-refractivity contribution in [2.75, 3.05) is 32.8 Å². The highest BCUT2D eigenvalue weighted by atomic mass is 16.7. The highest BCUT2D eigenvalue weighted by Gasteiger charge is 2.13. The molecular weight excluding hydrogens is 348 g/mol. The van der Waals surface area contributed by atoms with E-state index < -0.39 is 0 Å². The van der Waals surface area contributed by atoms with Crippen molar-refractivity contribution in [2.24, 2.45) is 0 Å². The van der Waals surface area contributed by atoms with Gasteiger partial charge >= 0.3 is 0 Å². The van der Waals surface area contributed by atoms with Crippen molar-refractivity contribution in [3.8, 4) is 17.2 Å². The molecule has 0 saturated heterocycles. The number of hydrogen-bond acceptors (Lipinski definition) is 5. The first-order chi connectivity index (χ1) is 13.0. The number of carbonyl (C=O) groups excluding carboxylic acids is 2. The molecule has 0 saturated carbocycles. The third kappa shape index (κ3) is 4.78. The maximum Gasteiger partial charge on any atom is 0.246 e. The molecule has 0 aromatic heterocycles. The number of anilines is 1. The van der Waals surface area contributed by atoms with Crippen LogP contribution in [0.3, 0.4) is 0 Å². The van der Waals surface area contributed by atoms with Crippen molar-refractivity contribution in [1.29, 1.82) is 0 Å². The average Bonchev–Trinajstić information content (AvgIpc) is 3.14. The van der Waals surface area contributed by atoms with E-state index in [2.05, 4.69) is 5.32 Å². The first-order valence-corrected chi connectivity index (χ1v) is 8.32. The molecule has 7 nitrogen and oxygen atoms in total. The van der Waals surface area contributed by atoms with Crippen molar-refractivity contribution < 1.29 is 23.8 Å². The summed E-state index contributed by atoms with van der Waals surface area (Å²) in [7, 11) is 3.14. The quantitative estimate of drug-likeness (QED) is 0.793. The van der Waals surface area contributed by atoms with Gasteiger partial charge in [0.05, 0.1) is 13.7 Å². The topological polar surface area (TPSA) is 77.1 Å². The second-order valence-corrected chi connectivity index (χ2v) is 5.92. The van der Waals surface area contributed by atoms with Gasteiger partial charge in [-0.2, -0.15) is 0 Å². The number of likely N-dealkylation sites (N-methyl/N-ethyl adjacent to an activating group) is 1. The van der Waals surface area contributed by atoms with Gasteiger partial charge in [-0.15, -0.1) is 0 Å². The number of amides is 2. The smallest absolute Gasteiger partial charge is 0.246 e. The molecule has 0 bridgehead atoms. The molecule has 140 valence electrons. The molecule has 0 unspecified atom stereocenters. The van der Waals surface area contributed by atoms with Crippen LogP contribution < -0.4 is 19.5 Å². The van der Waals surface area contributed by atoms with Gasteiger partial charge in [0.2, 0.25) is 18.6 Å². The number of ether oxygens (including phenoxy) is 3. The molecule has 2 aromatic carbocycles. The SMILES string of the molecule is COc1ccc(NC(=O)CN(C)C(=O)/C=C/c2ccc3c(c2)OCO3)cc1. The first-order valence-electron chi connectivity index (χ1n) is 8.32. The van der Waals surface area contributed by atoms with E-state index in [-0.39, 0.29) is 25.2 Å². The molecule has 0 fully saturated rings. The zero-order valence-corrected chi connectivity index (χ0v) is 15.1. The molecule has 27 heavy (non-hydrogen) atoms. The van der Waals surface area contributed by atoms with Crippen molar-refractivity contribution in [3.63, 3.8) is 0 Å². The predicted octanol–water partition coefficient (Wildman–Crippen LogP) is 2.53. The molecule has 3 rings (SSSR count). The molecule has 0 spiro atoms. The zero-order valence-electron chi connectivity index (χ0n) is 15.1. The van der Waals surface area contributed by atoms with Gasteiger partial charge in [0.15, 0.2) is 11.5 Å². The molecule has 2 aromatic rings. The maximum atomic E-state index is 12.2. The van der Waals surface area contributed by atoms with Gasteiger partial charge in [-0.3, -0.25) is 9.59 Å². The van der Waals surface area contributed by atoms with Crippen molar-refractivity contribution in [3.05, 3.63) is 54.1 Å². The summed E-state index contributed by atoms with van der Waals surface area (Å²) in [4.78, 5) is 25.6.